The summed E-state index contributed by atoms with van der Waals surface area (Å²) in [7, 11) is 1.62. The lowest BCUT2D eigenvalue weighted by Gasteiger charge is -2.23. The van der Waals surface area contributed by atoms with Gasteiger partial charge in [0.2, 0.25) is 0 Å². The number of para-hydroxylation sites is 1. The lowest BCUT2D eigenvalue weighted by molar-refractivity contribution is 0.183. The van der Waals surface area contributed by atoms with Crippen molar-refractivity contribution in [3.63, 3.8) is 0 Å². The predicted octanol–water partition coefficient (Wildman–Crippen LogP) is 2.86. The van der Waals surface area contributed by atoms with Gasteiger partial charge in [0.25, 0.3) is 0 Å². The van der Waals surface area contributed by atoms with Crippen LogP contribution in [-0.4, -0.2) is 36.3 Å². The number of anilines is 1. The maximum atomic E-state index is 12.5. The lowest BCUT2D eigenvalue weighted by Crippen LogP contribution is -2.36. The highest BCUT2D eigenvalue weighted by Crippen LogP contribution is 2.17. The Morgan fingerprint density at radius 3 is 2.52 bits per heavy atom. The van der Waals surface area contributed by atoms with Crippen LogP contribution in [-0.2, 0) is 17.9 Å². The number of nitrogens with zero attached hydrogens (tertiary/aromatic N) is 1. The van der Waals surface area contributed by atoms with Crippen LogP contribution < -0.4 is 5.32 Å². The van der Waals surface area contributed by atoms with Gasteiger partial charge in [0.1, 0.15) is 0 Å². The van der Waals surface area contributed by atoms with Crippen molar-refractivity contribution < 1.29 is 14.6 Å². The molecule has 5 heteroatoms. The number of aliphatic hydroxyl groups excluding tert-OH is 1. The molecule has 0 saturated heterocycles. The van der Waals surface area contributed by atoms with E-state index in [1.807, 2.05) is 54.6 Å². The van der Waals surface area contributed by atoms with Gasteiger partial charge in [0, 0.05) is 31.5 Å². The number of benzene rings is 2. The van der Waals surface area contributed by atoms with Crippen LogP contribution in [0, 0.1) is 0 Å². The van der Waals surface area contributed by atoms with Crippen molar-refractivity contribution in [3.8, 4) is 0 Å². The van der Waals surface area contributed by atoms with Crippen LogP contribution in [0.4, 0.5) is 10.5 Å². The van der Waals surface area contributed by atoms with Crippen LogP contribution in [0.1, 0.15) is 11.1 Å². The zero-order valence-electron chi connectivity index (χ0n) is 13.2. The minimum absolute atomic E-state index is 0.0834. The molecule has 0 aromatic heterocycles. The molecule has 0 heterocycles. The van der Waals surface area contributed by atoms with E-state index < -0.39 is 0 Å². The molecule has 0 bridgehead atoms. The predicted molar refractivity (Wildman–Crippen MR) is 90.1 cm³/mol. The first kappa shape index (κ1) is 17.0. The number of urea groups is 1. The third-order valence-electron chi connectivity index (χ3n) is 3.43. The fourth-order valence-corrected chi connectivity index (χ4v) is 2.29. The summed E-state index contributed by atoms with van der Waals surface area (Å²) in [5.74, 6) is 0. The second-order valence-electron chi connectivity index (χ2n) is 5.15. The second-order valence-corrected chi connectivity index (χ2v) is 5.15. The van der Waals surface area contributed by atoms with E-state index in [2.05, 4.69) is 5.32 Å². The van der Waals surface area contributed by atoms with Crippen molar-refractivity contribution in [2.24, 2.45) is 0 Å². The number of ether oxygens (including phenoxy) is 1. The Balaban J connectivity index is 2.09. The normalized spacial score (nSPS) is 10.3. The van der Waals surface area contributed by atoms with Gasteiger partial charge in [-0.25, -0.2) is 4.79 Å². The van der Waals surface area contributed by atoms with Crippen molar-refractivity contribution in [1.82, 2.24) is 4.90 Å². The number of hydrogen-bond donors (Lipinski definition) is 2. The monoisotopic (exact) mass is 314 g/mol. The van der Waals surface area contributed by atoms with E-state index in [-0.39, 0.29) is 19.2 Å². The van der Waals surface area contributed by atoms with E-state index >= 15 is 0 Å². The summed E-state index contributed by atoms with van der Waals surface area (Å²) in [5.41, 5.74) is 2.64. The smallest absolute Gasteiger partial charge is 0.322 e. The van der Waals surface area contributed by atoms with Gasteiger partial charge in [-0.05, 0) is 11.6 Å². The highest BCUT2D eigenvalue weighted by atomic mass is 16.5. The largest absolute Gasteiger partial charge is 0.395 e. The Kier molecular flexibility index (Phi) is 6.59. The molecule has 2 amide bonds. The lowest BCUT2D eigenvalue weighted by atomic mass is 10.2. The number of nitrogens with one attached hydrogen (secondary N) is 1. The maximum Gasteiger partial charge on any atom is 0.322 e. The minimum atomic E-state index is -0.244. The Morgan fingerprint density at radius 2 is 1.83 bits per heavy atom. The molecule has 2 aromatic carbocycles. The Hall–Kier alpha value is -2.37. The molecule has 2 rings (SSSR count). The molecule has 2 N–H and O–H groups in total. The van der Waals surface area contributed by atoms with E-state index in [1.54, 1.807) is 12.0 Å². The highest BCUT2D eigenvalue weighted by molar-refractivity contribution is 5.90. The van der Waals surface area contributed by atoms with E-state index in [9.17, 15) is 9.90 Å². The van der Waals surface area contributed by atoms with Gasteiger partial charge in [-0.1, -0.05) is 48.5 Å². The maximum absolute atomic E-state index is 12.5. The molecule has 0 unspecified atom stereocenters. The zero-order valence-corrected chi connectivity index (χ0v) is 13.2. The summed E-state index contributed by atoms with van der Waals surface area (Å²) in [4.78, 5) is 14.1. The Labute approximate surface area is 136 Å². The van der Waals surface area contributed by atoms with E-state index in [4.69, 9.17) is 4.74 Å². The number of carbonyl (C=O) groups excluding carboxylic acids is 1. The average molecular weight is 314 g/mol. The Morgan fingerprint density at radius 1 is 1.13 bits per heavy atom. The van der Waals surface area contributed by atoms with Crippen molar-refractivity contribution >= 4 is 11.7 Å². The van der Waals surface area contributed by atoms with Crippen LogP contribution in [0.2, 0.25) is 0 Å². The summed E-state index contributed by atoms with van der Waals surface area (Å²) >= 11 is 0. The number of aliphatic hydroxyl groups is 1. The number of carbonyl (C=O) groups is 1. The first-order valence-corrected chi connectivity index (χ1v) is 7.52. The second kappa shape index (κ2) is 8.92. The summed E-state index contributed by atoms with van der Waals surface area (Å²) in [6.07, 6.45) is 0. The molecule has 0 fully saturated rings. The SMILES string of the molecule is COCc1ccccc1NC(=O)N(CCO)Cc1ccccc1. The van der Waals surface area contributed by atoms with Gasteiger partial charge in [-0.3, -0.25) is 0 Å². The highest BCUT2D eigenvalue weighted by Gasteiger charge is 2.15. The van der Waals surface area contributed by atoms with Gasteiger partial charge in [0.05, 0.1) is 13.2 Å². The average Bonchev–Trinajstić information content (AvgIpc) is 2.57. The van der Waals surface area contributed by atoms with Crippen molar-refractivity contribution in [3.05, 3.63) is 65.7 Å². The van der Waals surface area contributed by atoms with Gasteiger partial charge >= 0.3 is 6.03 Å². The van der Waals surface area contributed by atoms with E-state index in [0.717, 1.165) is 16.8 Å². The molecule has 0 saturated carbocycles. The van der Waals surface area contributed by atoms with Crippen molar-refractivity contribution in [2.75, 3.05) is 25.6 Å². The van der Waals surface area contributed by atoms with E-state index in [1.165, 1.54) is 0 Å². The molecule has 23 heavy (non-hydrogen) atoms. The first-order chi connectivity index (χ1) is 11.2. The molecular weight excluding hydrogens is 292 g/mol. The zero-order chi connectivity index (χ0) is 16.5. The third kappa shape index (κ3) is 5.09. The van der Waals surface area contributed by atoms with Crippen LogP contribution in [0.15, 0.2) is 54.6 Å². The molecule has 5 nitrogen and oxygen atoms in total. The molecule has 2 aromatic rings. The van der Waals surface area contributed by atoms with Gasteiger partial charge in [0.15, 0.2) is 0 Å². The van der Waals surface area contributed by atoms with Crippen LogP contribution in [0.3, 0.4) is 0 Å². The number of rotatable bonds is 7. The number of methoxy groups -OCH3 is 1. The standard InChI is InChI=1S/C18H22N2O3/c1-23-14-16-9-5-6-10-17(16)19-18(22)20(11-12-21)13-15-7-3-2-4-8-15/h2-10,21H,11-14H2,1H3,(H,19,22). The molecule has 0 aliphatic carbocycles. The summed E-state index contributed by atoms with van der Waals surface area (Å²) in [6.45, 7) is 1.06. The molecule has 0 radical (unpaired) electrons. The minimum Gasteiger partial charge on any atom is -0.395 e. The Bertz CT molecular complexity index is 617. The molecule has 0 aliphatic rings. The fraction of sp³-hybridized carbons (Fsp3) is 0.278. The van der Waals surface area contributed by atoms with Crippen molar-refractivity contribution in [2.45, 2.75) is 13.2 Å². The number of amides is 2. The molecular formula is C18H22N2O3. The van der Waals surface area contributed by atoms with Crippen LogP contribution >= 0.6 is 0 Å². The fourth-order valence-electron chi connectivity index (χ4n) is 2.29. The summed E-state index contributed by atoms with van der Waals surface area (Å²) in [6, 6.07) is 17.0. The topological polar surface area (TPSA) is 61.8 Å². The number of hydrogen-bond acceptors (Lipinski definition) is 3. The van der Waals surface area contributed by atoms with Crippen LogP contribution in [0.5, 0.6) is 0 Å². The van der Waals surface area contributed by atoms with Gasteiger partial charge in [-0.2, -0.15) is 0 Å². The summed E-state index contributed by atoms with van der Waals surface area (Å²) < 4.78 is 5.15. The first-order valence-electron chi connectivity index (χ1n) is 7.52. The van der Waals surface area contributed by atoms with Crippen molar-refractivity contribution in [1.29, 1.82) is 0 Å². The van der Waals surface area contributed by atoms with E-state index in [0.29, 0.717) is 13.2 Å². The molecule has 0 aliphatic heterocycles. The quantitative estimate of drug-likeness (QED) is 0.826. The molecule has 0 spiro atoms. The summed E-state index contributed by atoms with van der Waals surface area (Å²) in [5, 5.41) is 12.1. The van der Waals surface area contributed by atoms with Gasteiger partial charge in [-0.15, -0.1) is 0 Å². The molecule has 122 valence electrons. The van der Waals surface area contributed by atoms with Gasteiger partial charge < -0.3 is 20.1 Å². The molecule has 0 atom stereocenters. The third-order valence-corrected chi connectivity index (χ3v) is 3.43. The van der Waals surface area contributed by atoms with Crippen LogP contribution in [0.25, 0.3) is 0 Å².